The normalized spacial score (nSPS) is 13.4. The van der Waals surface area contributed by atoms with Crippen molar-refractivity contribution >= 4 is 43.1 Å². The monoisotopic (exact) mass is 388 g/mol. The van der Waals surface area contributed by atoms with E-state index in [-0.39, 0.29) is 5.39 Å². The van der Waals surface area contributed by atoms with Gasteiger partial charge in [0.2, 0.25) is 0 Å². The van der Waals surface area contributed by atoms with Gasteiger partial charge in [0.25, 0.3) is 0 Å². The molecule has 0 spiro atoms. The van der Waals surface area contributed by atoms with E-state index >= 15 is 0 Å². The van der Waals surface area contributed by atoms with Crippen LogP contribution in [0.5, 0.6) is 0 Å². The molecule has 0 aromatic heterocycles. The lowest BCUT2D eigenvalue weighted by atomic mass is 9.86. The summed E-state index contributed by atoms with van der Waals surface area (Å²) < 4.78 is 81.8. The van der Waals surface area contributed by atoms with Crippen molar-refractivity contribution in [3.05, 3.63) is 71.8 Å². The van der Waals surface area contributed by atoms with Crippen molar-refractivity contribution in [1.29, 1.82) is 0 Å². The van der Waals surface area contributed by atoms with Crippen LogP contribution in [0.25, 0.3) is 43.1 Å². The first-order valence-corrected chi connectivity index (χ1v) is 8.44. The lowest BCUT2D eigenvalue weighted by Gasteiger charge is -2.20. The molecule has 0 saturated carbocycles. The van der Waals surface area contributed by atoms with E-state index in [0.29, 0.717) is 21.5 Å². The fourth-order valence-electron chi connectivity index (χ4n) is 4.21. The summed E-state index contributed by atoms with van der Waals surface area (Å²) in [5, 5.41) is 2.96. The SMILES string of the molecule is FC(F)(F)c1ccc2c3cccc4cccc(c5ccc(C(F)(F)F)c1c25)c43. The molecular formula is C22H10F6. The van der Waals surface area contributed by atoms with Gasteiger partial charge in [-0.3, -0.25) is 0 Å². The predicted octanol–water partition coefficient (Wildman–Crippen LogP) is 7.77. The Balaban J connectivity index is 2.16. The van der Waals surface area contributed by atoms with E-state index in [2.05, 4.69) is 0 Å². The summed E-state index contributed by atoms with van der Waals surface area (Å²) in [5.74, 6) is 0. The van der Waals surface area contributed by atoms with Crippen molar-refractivity contribution in [2.75, 3.05) is 0 Å². The Morgan fingerprint density at radius 2 is 0.857 bits per heavy atom. The quantitative estimate of drug-likeness (QED) is 0.144. The predicted molar refractivity (Wildman–Crippen MR) is 97.7 cm³/mol. The summed E-state index contributed by atoms with van der Waals surface area (Å²) >= 11 is 0. The van der Waals surface area contributed by atoms with Gasteiger partial charge in [-0.15, -0.1) is 0 Å². The Morgan fingerprint density at radius 3 is 1.29 bits per heavy atom. The third kappa shape index (κ3) is 2.20. The van der Waals surface area contributed by atoms with E-state index in [1.807, 2.05) is 12.1 Å². The Labute approximate surface area is 154 Å². The van der Waals surface area contributed by atoms with Crippen LogP contribution in [-0.4, -0.2) is 0 Å². The topological polar surface area (TPSA) is 0 Å². The second-order valence-electron chi connectivity index (χ2n) is 6.78. The van der Waals surface area contributed by atoms with E-state index in [1.165, 1.54) is 12.1 Å². The van der Waals surface area contributed by atoms with E-state index in [4.69, 9.17) is 0 Å². The first-order valence-electron chi connectivity index (χ1n) is 8.44. The van der Waals surface area contributed by atoms with Crippen molar-refractivity contribution in [2.45, 2.75) is 12.4 Å². The molecule has 140 valence electrons. The molecule has 6 heteroatoms. The van der Waals surface area contributed by atoms with E-state index in [9.17, 15) is 26.3 Å². The van der Waals surface area contributed by atoms with Crippen molar-refractivity contribution in [1.82, 2.24) is 0 Å². The molecule has 5 rings (SSSR count). The number of alkyl halides is 6. The van der Waals surface area contributed by atoms with Crippen LogP contribution >= 0.6 is 0 Å². The van der Waals surface area contributed by atoms with Crippen molar-refractivity contribution in [3.8, 4) is 0 Å². The average Bonchev–Trinajstić information content (AvgIpc) is 2.63. The molecule has 0 aliphatic rings. The van der Waals surface area contributed by atoms with Gasteiger partial charge in [0.15, 0.2) is 0 Å². The molecule has 0 fully saturated rings. The number of rotatable bonds is 0. The van der Waals surface area contributed by atoms with Gasteiger partial charge in [-0.2, -0.15) is 26.3 Å². The average molecular weight is 388 g/mol. The molecule has 28 heavy (non-hydrogen) atoms. The van der Waals surface area contributed by atoms with Gasteiger partial charge < -0.3 is 0 Å². The van der Waals surface area contributed by atoms with Crippen LogP contribution < -0.4 is 0 Å². The zero-order valence-corrected chi connectivity index (χ0v) is 14.0. The van der Waals surface area contributed by atoms with Crippen LogP contribution in [0, 0.1) is 0 Å². The van der Waals surface area contributed by atoms with Gasteiger partial charge in [0.1, 0.15) is 0 Å². The van der Waals surface area contributed by atoms with Crippen molar-refractivity contribution in [3.63, 3.8) is 0 Å². The number of benzene rings is 5. The molecule has 0 radical (unpaired) electrons. The highest BCUT2D eigenvalue weighted by Crippen LogP contribution is 2.48. The van der Waals surface area contributed by atoms with Crippen molar-refractivity contribution in [2.24, 2.45) is 0 Å². The summed E-state index contributed by atoms with van der Waals surface area (Å²) in [6, 6.07) is 14.8. The minimum Gasteiger partial charge on any atom is -0.166 e. The number of fused-ring (bicyclic) bond motifs is 2. The van der Waals surface area contributed by atoms with E-state index in [0.717, 1.165) is 22.9 Å². The molecular weight excluding hydrogens is 378 g/mol. The molecule has 5 aromatic rings. The Morgan fingerprint density at radius 1 is 0.429 bits per heavy atom. The zero-order valence-electron chi connectivity index (χ0n) is 14.0. The fraction of sp³-hybridized carbons (Fsp3) is 0.0909. The molecule has 0 unspecified atom stereocenters. The van der Waals surface area contributed by atoms with E-state index < -0.39 is 28.9 Å². The zero-order chi connectivity index (χ0) is 19.8. The molecule has 0 saturated heterocycles. The van der Waals surface area contributed by atoms with Gasteiger partial charge in [-0.25, -0.2) is 0 Å². The van der Waals surface area contributed by atoms with Gasteiger partial charge in [0.05, 0.1) is 11.1 Å². The summed E-state index contributed by atoms with van der Waals surface area (Å²) in [4.78, 5) is 0. The van der Waals surface area contributed by atoms with Gasteiger partial charge in [0, 0.05) is 5.39 Å². The molecule has 0 aliphatic carbocycles. The van der Waals surface area contributed by atoms with E-state index in [1.54, 1.807) is 24.3 Å². The molecule has 0 nitrogen and oxygen atoms in total. The maximum absolute atomic E-state index is 13.6. The second kappa shape index (κ2) is 5.28. The molecule has 5 aromatic carbocycles. The van der Waals surface area contributed by atoms with Crippen LogP contribution in [0.15, 0.2) is 60.7 Å². The Bertz CT molecular complexity index is 1280. The van der Waals surface area contributed by atoms with Gasteiger partial charge in [-0.05, 0) is 49.8 Å². The highest BCUT2D eigenvalue weighted by molar-refractivity contribution is 6.33. The summed E-state index contributed by atoms with van der Waals surface area (Å²) in [6.07, 6.45) is -9.81. The highest BCUT2D eigenvalue weighted by atomic mass is 19.4. The summed E-state index contributed by atoms with van der Waals surface area (Å²) in [7, 11) is 0. The largest absolute Gasteiger partial charge is 0.417 e. The first kappa shape index (κ1) is 17.1. The van der Waals surface area contributed by atoms with Crippen molar-refractivity contribution < 1.29 is 26.3 Å². The molecule has 0 N–H and O–H groups in total. The molecule has 0 amide bonds. The molecule has 0 atom stereocenters. The third-order valence-electron chi connectivity index (χ3n) is 5.26. The van der Waals surface area contributed by atoms with Gasteiger partial charge in [-0.1, -0.05) is 48.5 Å². The molecule has 0 bridgehead atoms. The lowest BCUT2D eigenvalue weighted by molar-refractivity contribution is -0.140. The van der Waals surface area contributed by atoms with Gasteiger partial charge >= 0.3 is 12.4 Å². The third-order valence-corrected chi connectivity index (χ3v) is 5.26. The fourth-order valence-corrected chi connectivity index (χ4v) is 4.21. The van der Waals surface area contributed by atoms with Crippen LogP contribution in [-0.2, 0) is 12.4 Å². The minimum absolute atomic E-state index is 0.00384. The van der Waals surface area contributed by atoms with Crippen LogP contribution in [0.4, 0.5) is 26.3 Å². The van der Waals surface area contributed by atoms with Crippen LogP contribution in [0.3, 0.4) is 0 Å². The number of halogens is 6. The molecule has 0 aliphatic heterocycles. The maximum atomic E-state index is 13.6. The van der Waals surface area contributed by atoms with Crippen LogP contribution in [0.2, 0.25) is 0 Å². The first-order chi connectivity index (χ1) is 13.2. The maximum Gasteiger partial charge on any atom is 0.417 e. The van der Waals surface area contributed by atoms with Crippen LogP contribution in [0.1, 0.15) is 11.1 Å². The highest BCUT2D eigenvalue weighted by Gasteiger charge is 2.40. The number of hydrogen-bond donors (Lipinski definition) is 0. The second-order valence-corrected chi connectivity index (χ2v) is 6.78. The Hall–Kier alpha value is -3.02. The summed E-state index contributed by atoms with van der Waals surface area (Å²) in [5.41, 5.74) is -2.54. The smallest absolute Gasteiger partial charge is 0.166 e. The number of hydrogen-bond acceptors (Lipinski definition) is 0. The Kier molecular flexibility index (Phi) is 3.22. The summed E-state index contributed by atoms with van der Waals surface area (Å²) in [6.45, 7) is 0. The minimum atomic E-state index is -4.90. The lowest BCUT2D eigenvalue weighted by Crippen LogP contribution is -2.12. The standard InChI is InChI=1S/C22H10F6/c23-21(24,25)16-9-7-14-12-5-1-3-11-4-2-6-13(18(11)12)15-8-10-17(22(26,27)28)20(16)19(14)15/h1-10H. The molecule has 0 heterocycles.